The van der Waals surface area contributed by atoms with Crippen molar-refractivity contribution < 1.29 is 18.6 Å². The van der Waals surface area contributed by atoms with Gasteiger partial charge in [-0.15, -0.1) is 0 Å². The van der Waals surface area contributed by atoms with E-state index in [0.717, 1.165) is 6.54 Å². The van der Waals surface area contributed by atoms with Gasteiger partial charge in [-0.05, 0) is 47.1 Å². The first-order chi connectivity index (χ1) is 10.0. The minimum atomic E-state index is -2.84. The highest BCUT2D eigenvalue weighted by Crippen LogP contribution is 2.20. The summed E-state index contributed by atoms with van der Waals surface area (Å²) in [7, 11) is 1.93. The van der Waals surface area contributed by atoms with Crippen molar-refractivity contribution in [2.75, 3.05) is 13.6 Å². The Kier molecular flexibility index (Phi) is 5.67. The first-order valence-electron chi connectivity index (χ1n) is 6.47. The van der Waals surface area contributed by atoms with E-state index in [4.69, 9.17) is 0 Å². The molecule has 1 unspecified atom stereocenters. The zero-order valence-corrected chi connectivity index (χ0v) is 12.4. The molecule has 1 aromatic carbocycles. The molecule has 0 saturated heterocycles. The molecule has 1 heterocycles. The quantitative estimate of drug-likeness (QED) is 0.849. The summed E-state index contributed by atoms with van der Waals surface area (Å²) in [6.07, 6.45) is -0.672. The van der Waals surface area contributed by atoms with E-state index < -0.39 is 12.7 Å². The number of hydrogen-bond donors (Lipinski definition) is 1. The molecule has 0 bridgehead atoms. The summed E-state index contributed by atoms with van der Waals surface area (Å²) in [5.41, 5.74) is 1.88. The molecule has 0 aliphatic heterocycles. The zero-order valence-electron chi connectivity index (χ0n) is 11.6. The third-order valence-corrected chi connectivity index (χ3v) is 3.74. The van der Waals surface area contributed by atoms with Gasteiger partial charge >= 0.3 is 6.61 Å². The van der Waals surface area contributed by atoms with Crippen LogP contribution in [0.4, 0.5) is 8.78 Å². The van der Waals surface area contributed by atoms with Crippen LogP contribution >= 0.6 is 11.3 Å². The van der Waals surface area contributed by atoms with Crippen LogP contribution in [-0.2, 0) is 6.54 Å². The van der Waals surface area contributed by atoms with E-state index in [9.17, 15) is 13.9 Å². The molecule has 0 aliphatic rings. The molecule has 0 aliphatic carbocycles. The normalized spacial score (nSPS) is 12.9. The molecule has 1 atom stereocenters. The Bertz CT molecular complexity index is 531. The molecule has 6 heteroatoms. The number of aliphatic hydroxyl groups excluding tert-OH is 1. The lowest BCUT2D eigenvalue weighted by Crippen LogP contribution is -2.24. The van der Waals surface area contributed by atoms with Crippen molar-refractivity contribution in [2.24, 2.45) is 0 Å². The van der Waals surface area contributed by atoms with Gasteiger partial charge in [0.25, 0.3) is 0 Å². The third kappa shape index (κ3) is 5.08. The van der Waals surface area contributed by atoms with Gasteiger partial charge in [0.05, 0.1) is 6.10 Å². The van der Waals surface area contributed by atoms with Gasteiger partial charge < -0.3 is 9.84 Å². The Balaban J connectivity index is 1.88. The molecule has 114 valence electrons. The van der Waals surface area contributed by atoms with E-state index in [1.165, 1.54) is 17.7 Å². The highest BCUT2D eigenvalue weighted by molar-refractivity contribution is 7.07. The van der Waals surface area contributed by atoms with E-state index in [-0.39, 0.29) is 5.75 Å². The first-order valence-corrected chi connectivity index (χ1v) is 7.41. The van der Waals surface area contributed by atoms with Crippen LogP contribution in [0.25, 0.3) is 0 Å². The highest BCUT2D eigenvalue weighted by Gasteiger charge is 2.12. The molecule has 0 fully saturated rings. The Hall–Kier alpha value is -1.50. The molecule has 0 amide bonds. The standard InChI is InChI=1S/C15H17F2NO2S/c1-18(8-11-6-7-21-10-11)9-14(19)12-2-4-13(5-3-12)20-15(16)17/h2-7,10,14-15,19H,8-9H2,1H3. The number of alkyl halides is 2. The van der Waals surface area contributed by atoms with Crippen LogP contribution in [0.5, 0.6) is 5.75 Å². The summed E-state index contributed by atoms with van der Waals surface area (Å²) < 4.78 is 28.4. The molecule has 3 nitrogen and oxygen atoms in total. The molecular formula is C15H17F2NO2S. The van der Waals surface area contributed by atoms with E-state index >= 15 is 0 Å². The second kappa shape index (κ2) is 7.49. The van der Waals surface area contributed by atoms with Crippen molar-refractivity contribution in [3.05, 3.63) is 52.2 Å². The van der Waals surface area contributed by atoms with Gasteiger partial charge in [0.15, 0.2) is 0 Å². The molecule has 0 radical (unpaired) electrons. The fourth-order valence-electron chi connectivity index (χ4n) is 2.03. The van der Waals surface area contributed by atoms with E-state index in [0.29, 0.717) is 12.1 Å². The Labute approximate surface area is 126 Å². The monoisotopic (exact) mass is 313 g/mol. The van der Waals surface area contributed by atoms with Crippen molar-refractivity contribution in [1.82, 2.24) is 4.90 Å². The fraction of sp³-hybridized carbons (Fsp3) is 0.333. The zero-order chi connectivity index (χ0) is 15.2. The van der Waals surface area contributed by atoms with Crippen molar-refractivity contribution in [1.29, 1.82) is 0 Å². The summed E-state index contributed by atoms with van der Waals surface area (Å²) in [6.45, 7) is -1.62. The van der Waals surface area contributed by atoms with E-state index in [2.05, 4.69) is 10.1 Å². The number of rotatable bonds is 7. The molecule has 0 spiro atoms. The topological polar surface area (TPSA) is 32.7 Å². The van der Waals surface area contributed by atoms with E-state index in [1.54, 1.807) is 23.5 Å². The van der Waals surface area contributed by atoms with Crippen molar-refractivity contribution in [3.63, 3.8) is 0 Å². The van der Waals surface area contributed by atoms with Gasteiger partial charge in [0, 0.05) is 13.1 Å². The van der Waals surface area contributed by atoms with Crippen molar-refractivity contribution >= 4 is 11.3 Å². The number of likely N-dealkylation sites (N-methyl/N-ethyl adjacent to an activating group) is 1. The van der Waals surface area contributed by atoms with Crippen LogP contribution in [0.3, 0.4) is 0 Å². The van der Waals surface area contributed by atoms with E-state index in [1.807, 2.05) is 23.4 Å². The average molecular weight is 313 g/mol. The van der Waals surface area contributed by atoms with Crippen LogP contribution in [0.1, 0.15) is 17.2 Å². The molecule has 1 aromatic heterocycles. The molecular weight excluding hydrogens is 296 g/mol. The lowest BCUT2D eigenvalue weighted by Gasteiger charge is -2.20. The van der Waals surface area contributed by atoms with Gasteiger partial charge in [-0.25, -0.2) is 0 Å². The third-order valence-electron chi connectivity index (χ3n) is 3.01. The smallest absolute Gasteiger partial charge is 0.387 e. The summed E-state index contributed by atoms with van der Waals surface area (Å²) in [4.78, 5) is 2.01. The van der Waals surface area contributed by atoms with Gasteiger partial charge in [0.1, 0.15) is 5.75 Å². The fourth-order valence-corrected chi connectivity index (χ4v) is 2.69. The summed E-state index contributed by atoms with van der Waals surface area (Å²) >= 11 is 1.64. The number of hydrogen-bond acceptors (Lipinski definition) is 4. The predicted octanol–water partition coefficient (Wildman–Crippen LogP) is 3.51. The van der Waals surface area contributed by atoms with Crippen molar-refractivity contribution in [3.8, 4) is 5.75 Å². The van der Waals surface area contributed by atoms with Gasteiger partial charge in [-0.3, -0.25) is 4.90 Å². The summed E-state index contributed by atoms with van der Waals surface area (Å²) in [6, 6.07) is 8.11. The lowest BCUT2D eigenvalue weighted by atomic mass is 10.1. The number of nitrogens with zero attached hydrogens (tertiary/aromatic N) is 1. The predicted molar refractivity (Wildman–Crippen MR) is 78.7 cm³/mol. The molecule has 0 saturated carbocycles. The van der Waals surface area contributed by atoms with Crippen LogP contribution < -0.4 is 4.74 Å². The van der Waals surface area contributed by atoms with Gasteiger partial charge in [0.2, 0.25) is 0 Å². The minimum Gasteiger partial charge on any atom is -0.435 e. The highest BCUT2D eigenvalue weighted by atomic mass is 32.1. The second-order valence-electron chi connectivity index (χ2n) is 4.79. The molecule has 1 N–H and O–H groups in total. The molecule has 2 rings (SSSR count). The number of thiophene rings is 1. The number of benzene rings is 1. The van der Waals surface area contributed by atoms with Crippen LogP contribution in [0, 0.1) is 0 Å². The minimum absolute atomic E-state index is 0.0903. The second-order valence-corrected chi connectivity index (χ2v) is 5.57. The molecule has 2 aromatic rings. The van der Waals surface area contributed by atoms with Crippen LogP contribution in [-0.4, -0.2) is 30.2 Å². The molecule has 21 heavy (non-hydrogen) atoms. The Morgan fingerprint density at radius 2 is 1.95 bits per heavy atom. The van der Waals surface area contributed by atoms with Crippen LogP contribution in [0.15, 0.2) is 41.1 Å². The maximum atomic E-state index is 12.1. The number of halogens is 2. The van der Waals surface area contributed by atoms with Crippen molar-refractivity contribution in [2.45, 2.75) is 19.3 Å². The maximum absolute atomic E-state index is 12.1. The summed E-state index contributed by atoms with van der Waals surface area (Å²) in [5.74, 6) is 0.0903. The van der Waals surface area contributed by atoms with Gasteiger partial charge in [-0.1, -0.05) is 12.1 Å². The lowest BCUT2D eigenvalue weighted by molar-refractivity contribution is -0.0498. The Morgan fingerprint density at radius 3 is 2.52 bits per heavy atom. The first kappa shape index (κ1) is 15.9. The van der Waals surface area contributed by atoms with Gasteiger partial charge in [-0.2, -0.15) is 20.1 Å². The SMILES string of the molecule is CN(Cc1ccsc1)CC(O)c1ccc(OC(F)F)cc1. The average Bonchev–Trinajstić information content (AvgIpc) is 2.91. The number of aliphatic hydroxyl groups is 1. The number of ether oxygens (including phenoxy) is 1. The largest absolute Gasteiger partial charge is 0.435 e. The summed E-state index contributed by atoms with van der Waals surface area (Å²) in [5, 5.41) is 14.2. The maximum Gasteiger partial charge on any atom is 0.387 e. The Morgan fingerprint density at radius 1 is 1.24 bits per heavy atom. The van der Waals surface area contributed by atoms with Crippen LogP contribution in [0.2, 0.25) is 0 Å².